The van der Waals surface area contributed by atoms with Gasteiger partial charge in [-0.1, -0.05) is 30.0 Å². The lowest BCUT2D eigenvalue weighted by Gasteiger charge is -2.08. The van der Waals surface area contributed by atoms with E-state index in [4.69, 9.17) is 21.7 Å². The van der Waals surface area contributed by atoms with Gasteiger partial charge in [0.2, 0.25) is 0 Å². The van der Waals surface area contributed by atoms with Crippen LogP contribution < -0.4 is 9.47 Å². The van der Waals surface area contributed by atoms with Crippen LogP contribution in [0.5, 0.6) is 11.5 Å². The maximum atomic E-state index is 13.0. The lowest BCUT2D eigenvalue weighted by molar-refractivity contribution is -0.122. The van der Waals surface area contributed by atoms with E-state index < -0.39 is 0 Å². The number of carbonyl (C=O) groups is 1. The molecule has 0 aliphatic carbocycles. The summed E-state index contributed by atoms with van der Waals surface area (Å²) in [6.45, 7) is 0. The maximum absolute atomic E-state index is 13.0. The first kappa shape index (κ1) is 19.1. The molecule has 1 aliphatic rings. The van der Waals surface area contributed by atoms with Gasteiger partial charge in [-0.25, -0.2) is 4.39 Å². The molecule has 1 heterocycles. The number of nitrogens with zero attached hydrogens (tertiary/aromatic N) is 2. The first-order valence-corrected chi connectivity index (χ1v) is 9.04. The number of hydrogen-bond donors (Lipinski definition) is 0. The molecule has 1 saturated heterocycles. The number of methoxy groups -OCH3 is 2. The van der Waals surface area contributed by atoms with Crippen molar-refractivity contribution in [2.75, 3.05) is 14.2 Å². The van der Waals surface area contributed by atoms with Gasteiger partial charge in [0.25, 0.3) is 5.91 Å². The first-order chi connectivity index (χ1) is 13.0. The van der Waals surface area contributed by atoms with Crippen LogP contribution in [0.2, 0.25) is 0 Å². The SMILES string of the molecule is COc1ccc(/C=C2/SC(=S)N(/N=C/c3ccc(F)cc3)C2=O)cc1OC. The lowest BCUT2D eigenvalue weighted by atomic mass is 10.2. The van der Waals surface area contributed by atoms with E-state index in [0.717, 1.165) is 22.3 Å². The van der Waals surface area contributed by atoms with Crippen LogP contribution in [0, 0.1) is 5.82 Å². The Morgan fingerprint density at radius 1 is 1.07 bits per heavy atom. The molecule has 1 fully saturated rings. The second-order valence-corrected chi connectivity index (χ2v) is 7.08. The molecule has 2 aromatic carbocycles. The normalized spacial score (nSPS) is 15.8. The Bertz CT molecular complexity index is 942. The highest BCUT2D eigenvalue weighted by Crippen LogP contribution is 2.34. The maximum Gasteiger partial charge on any atom is 0.286 e. The number of rotatable bonds is 5. The van der Waals surface area contributed by atoms with Crippen LogP contribution in [0.4, 0.5) is 4.39 Å². The van der Waals surface area contributed by atoms with Crippen molar-refractivity contribution in [2.24, 2.45) is 5.10 Å². The Labute approximate surface area is 165 Å². The highest BCUT2D eigenvalue weighted by atomic mass is 32.2. The van der Waals surface area contributed by atoms with Gasteiger partial charge in [0.1, 0.15) is 5.82 Å². The molecule has 2 aromatic rings. The number of thiocarbonyl (C=S) groups is 1. The number of ether oxygens (including phenoxy) is 2. The smallest absolute Gasteiger partial charge is 0.286 e. The molecule has 27 heavy (non-hydrogen) atoms. The number of carbonyl (C=O) groups excluding carboxylic acids is 1. The van der Waals surface area contributed by atoms with Crippen LogP contribution in [0.15, 0.2) is 52.5 Å². The summed E-state index contributed by atoms with van der Waals surface area (Å²) in [7, 11) is 3.10. The van der Waals surface area contributed by atoms with Gasteiger partial charge in [-0.3, -0.25) is 4.79 Å². The van der Waals surface area contributed by atoms with Crippen molar-refractivity contribution < 1.29 is 18.7 Å². The van der Waals surface area contributed by atoms with Gasteiger partial charge in [-0.05, 0) is 53.7 Å². The third-order valence-corrected chi connectivity index (χ3v) is 4.95. The van der Waals surface area contributed by atoms with Crippen LogP contribution in [0.3, 0.4) is 0 Å². The predicted octanol–water partition coefficient (Wildman–Crippen LogP) is 4.08. The van der Waals surface area contributed by atoms with E-state index in [1.54, 1.807) is 44.6 Å². The van der Waals surface area contributed by atoms with E-state index in [-0.39, 0.29) is 11.7 Å². The van der Waals surface area contributed by atoms with Gasteiger partial charge < -0.3 is 9.47 Å². The average Bonchev–Trinajstić information content (AvgIpc) is 2.94. The van der Waals surface area contributed by atoms with Gasteiger partial charge in [0.15, 0.2) is 15.8 Å². The highest BCUT2D eigenvalue weighted by Gasteiger charge is 2.32. The van der Waals surface area contributed by atoms with Crippen molar-refractivity contribution in [1.82, 2.24) is 5.01 Å². The quantitative estimate of drug-likeness (QED) is 0.429. The van der Waals surface area contributed by atoms with Gasteiger partial charge in [-0.15, -0.1) is 0 Å². The Morgan fingerprint density at radius 2 is 1.74 bits per heavy atom. The topological polar surface area (TPSA) is 51.1 Å². The molecule has 0 N–H and O–H groups in total. The molecule has 138 valence electrons. The summed E-state index contributed by atoms with van der Waals surface area (Å²) in [4.78, 5) is 13.0. The van der Waals surface area contributed by atoms with E-state index in [0.29, 0.717) is 26.3 Å². The van der Waals surface area contributed by atoms with Crippen molar-refractivity contribution in [2.45, 2.75) is 0 Å². The summed E-state index contributed by atoms with van der Waals surface area (Å²) in [5.41, 5.74) is 1.44. The van der Waals surface area contributed by atoms with Gasteiger partial charge in [0.05, 0.1) is 25.3 Å². The highest BCUT2D eigenvalue weighted by molar-refractivity contribution is 8.26. The van der Waals surface area contributed by atoms with Crippen LogP contribution in [-0.4, -0.2) is 35.7 Å². The Morgan fingerprint density at radius 3 is 2.41 bits per heavy atom. The summed E-state index contributed by atoms with van der Waals surface area (Å²) >= 11 is 6.40. The monoisotopic (exact) mass is 402 g/mol. The van der Waals surface area contributed by atoms with Gasteiger partial charge in [0, 0.05) is 0 Å². The van der Waals surface area contributed by atoms with Gasteiger partial charge in [-0.2, -0.15) is 10.1 Å². The van der Waals surface area contributed by atoms with Crippen molar-refractivity contribution in [3.8, 4) is 11.5 Å². The summed E-state index contributed by atoms with van der Waals surface area (Å²) in [5.74, 6) is 0.510. The minimum absolute atomic E-state index is 0.321. The van der Waals surface area contributed by atoms with E-state index in [9.17, 15) is 9.18 Å². The number of amides is 1. The minimum Gasteiger partial charge on any atom is -0.493 e. The molecule has 8 heteroatoms. The zero-order chi connectivity index (χ0) is 19.4. The van der Waals surface area contributed by atoms with E-state index in [1.807, 2.05) is 6.07 Å². The average molecular weight is 402 g/mol. The third kappa shape index (κ3) is 4.35. The molecule has 0 aromatic heterocycles. The molecular weight excluding hydrogens is 387 g/mol. The second-order valence-electron chi connectivity index (χ2n) is 5.40. The molecule has 0 saturated carbocycles. The summed E-state index contributed by atoms with van der Waals surface area (Å²) < 4.78 is 23.8. The number of thioether (sulfide) groups is 1. The molecule has 1 aliphatic heterocycles. The number of hydrazone groups is 1. The first-order valence-electron chi connectivity index (χ1n) is 7.81. The number of halogens is 1. The Kier molecular flexibility index (Phi) is 5.88. The van der Waals surface area contributed by atoms with Crippen molar-refractivity contribution in [3.63, 3.8) is 0 Å². The van der Waals surface area contributed by atoms with E-state index in [1.165, 1.54) is 18.3 Å². The third-order valence-electron chi connectivity index (χ3n) is 3.67. The fraction of sp³-hybridized carbons (Fsp3) is 0.105. The van der Waals surface area contributed by atoms with Crippen molar-refractivity contribution >= 4 is 46.5 Å². The lowest BCUT2D eigenvalue weighted by Crippen LogP contribution is -2.22. The Balaban J connectivity index is 1.81. The fourth-order valence-corrected chi connectivity index (χ4v) is 3.50. The minimum atomic E-state index is -0.337. The molecule has 5 nitrogen and oxygen atoms in total. The summed E-state index contributed by atoms with van der Waals surface area (Å²) in [5, 5.41) is 5.28. The second kappa shape index (κ2) is 8.32. The van der Waals surface area contributed by atoms with Gasteiger partial charge >= 0.3 is 0 Å². The molecule has 1 amide bonds. The largest absolute Gasteiger partial charge is 0.493 e. The molecule has 3 rings (SSSR count). The Hall–Kier alpha value is -2.71. The molecule has 0 atom stereocenters. The number of benzene rings is 2. The van der Waals surface area contributed by atoms with E-state index >= 15 is 0 Å². The number of hydrogen-bond acceptors (Lipinski definition) is 6. The zero-order valence-corrected chi connectivity index (χ0v) is 16.1. The van der Waals surface area contributed by atoms with Crippen LogP contribution in [0.1, 0.15) is 11.1 Å². The molecule has 0 spiro atoms. The zero-order valence-electron chi connectivity index (χ0n) is 14.5. The van der Waals surface area contributed by atoms with Crippen LogP contribution >= 0.6 is 24.0 Å². The molecular formula is C19H15FN2O3S2. The summed E-state index contributed by atoms with van der Waals surface area (Å²) in [6, 6.07) is 11.1. The van der Waals surface area contributed by atoms with Crippen molar-refractivity contribution in [3.05, 3.63) is 64.3 Å². The molecule has 0 radical (unpaired) electrons. The molecule has 0 unspecified atom stereocenters. The standard InChI is InChI=1S/C19H15FN2O3S2/c1-24-15-8-5-13(9-16(15)25-2)10-17-18(23)22(19(26)27-17)21-11-12-3-6-14(20)7-4-12/h3-11H,1-2H3/b17-10+,21-11+. The van der Waals surface area contributed by atoms with Crippen LogP contribution in [-0.2, 0) is 4.79 Å². The predicted molar refractivity (Wildman–Crippen MR) is 109 cm³/mol. The van der Waals surface area contributed by atoms with E-state index in [2.05, 4.69) is 5.10 Å². The van der Waals surface area contributed by atoms with Crippen molar-refractivity contribution in [1.29, 1.82) is 0 Å². The van der Waals surface area contributed by atoms with Crippen LogP contribution in [0.25, 0.3) is 6.08 Å². The molecule has 0 bridgehead atoms. The summed E-state index contributed by atoms with van der Waals surface area (Å²) in [6.07, 6.45) is 3.18. The fourth-order valence-electron chi connectivity index (χ4n) is 2.33.